The summed E-state index contributed by atoms with van der Waals surface area (Å²) in [5, 5.41) is 8.30. The Labute approximate surface area is 108 Å². The van der Waals surface area contributed by atoms with Crippen molar-refractivity contribution in [2.75, 3.05) is 5.73 Å². The first-order chi connectivity index (χ1) is 8.83. The zero-order valence-electron chi connectivity index (χ0n) is 10.8. The van der Waals surface area contributed by atoms with Gasteiger partial charge >= 0.3 is 0 Å². The molecule has 0 radical (unpaired) electrons. The summed E-state index contributed by atoms with van der Waals surface area (Å²) in [4.78, 5) is 0. The zero-order valence-corrected chi connectivity index (χ0v) is 10.8. The summed E-state index contributed by atoms with van der Waals surface area (Å²) in [5.74, 6) is 0.665. The van der Waals surface area contributed by atoms with Gasteiger partial charge in [-0.05, 0) is 6.42 Å². The van der Waals surface area contributed by atoms with Gasteiger partial charge in [0.2, 0.25) is 0 Å². The van der Waals surface area contributed by atoms with Gasteiger partial charge in [-0.2, -0.15) is 0 Å². The van der Waals surface area contributed by atoms with Gasteiger partial charge in [0.15, 0.2) is 0 Å². The number of aromatic nitrogens is 3. The maximum Gasteiger partial charge on any atom is 0.150 e. The third-order valence-electron chi connectivity index (χ3n) is 3.04. The van der Waals surface area contributed by atoms with Crippen LogP contribution in [0.4, 0.5) is 5.82 Å². The van der Waals surface area contributed by atoms with Crippen LogP contribution in [-0.4, -0.2) is 15.0 Å². The molecule has 0 spiro atoms. The van der Waals surface area contributed by atoms with Crippen LogP contribution in [0.1, 0.15) is 32.6 Å². The molecule has 0 atom stereocenters. The van der Waals surface area contributed by atoms with Crippen molar-refractivity contribution < 1.29 is 0 Å². The standard InChI is InChI=1S/C14H20N4/c1-2-3-4-8-11-18-14(15)13(16-17-18)12-9-6-5-7-10-12/h5-7,9-10H,2-4,8,11,15H2,1H3. The van der Waals surface area contributed by atoms with Gasteiger partial charge in [-0.25, -0.2) is 4.68 Å². The molecule has 2 N–H and O–H groups in total. The number of anilines is 1. The number of nitrogen functional groups attached to an aromatic ring is 1. The van der Waals surface area contributed by atoms with Gasteiger partial charge in [0, 0.05) is 12.1 Å². The fourth-order valence-electron chi connectivity index (χ4n) is 1.98. The summed E-state index contributed by atoms with van der Waals surface area (Å²) in [5.41, 5.74) is 7.89. The average molecular weight is 244 g/mol. The molecule has 96 valence electrons. The first kappa shape index (κ1) is 12.6. The molecule has 1 heterocycles. The van der Waals surface area contributed by atoms with E-state index in [4.69, 9.17) is 5.73 Å². The molecule has 1 aromatic heterocycles. The molecule has 4 nitrogen and oxygen atoms in total. The fraction of sp³-hybridized carbons (Fsp3) is 0.429. The van der Waals surface area contributed by atoms with E-state index >= 15 is 0 Å². The lowest BCUT2D eigenvalue weighted by Crippen LogP contribution is -2.05. The van der Waals surface area contributed by atoms with E-state index in [0.29, 0.717) is 5.82 Å². The van der Waals surface area contributed by atoms with Crippen LogP contribution < -0.4 is 5.73 Å². The van der Waals surface area contributed by atoms with Crippen LogP contribution in [0.15, 0.2) is 30.3 Å². The smallest absolute Gasteiger partial charge is 0.150 e. The highest BCUT2D eigenvalue weighted by molar-refractivity contribution is 5.69. The quantitative estimate of drug-likeness (QED) is 0.794. The molecule has 0 aliphatic heterocycles. The van der Waals surface area contributed by atoms with E-state index in [0.717, 1.165) is 24.2 Å². The Morgan fingerprint density at radius 2 is 1.89 bits per heavy atom. The monoisotopic (exact) mass is 244 g/mol. The Balaban J connectivity index is 2.05. The summed E-state index contributed by atoms with van der Waals surface area (Å²) in [6.45, 7) is 3.06. The van der Waals surface area contributed by atoms with Gasteiger partial charge in [-0.15, -0.1) is 5.10 Å². The molecule has 4 heteroatoms. The zero-order chi connectivity index (χ0) is 12.8. The van der Waals surface area contributed by atoms with Crippen molar-refractivity contribution in [3.05, 3.63) is 30.3 Å². The Morgan fingerprint density at radius 1 is 1.11 bits per heavy atom. The predicted molar refractivity (Wildman–Crippen MR) is 74.0 cm³/mol. The van der Waals surface area contributed by atoms with Crippen molar-refractivity contribution in [3.63, 3.8) is 0 Å². The molecule has 1 aromatic carbocycles. The van der Waals surface area contributed by atoms with Crippen LogP contribution in [0.25, 0.3) is 11.3 Å². The van der Waals surface area contributed by atoms with Crippen molar-refractivity contribution in [1.82, 2.24) is 15.0 Å². The van der Waals surface area contributed by atoms with Crippen LogP contribution in [0.5, 0.6) is 0 Å². The molecule has 2 aromatic rings. The summed E-state index contributed by atoms with van der Waals surface area (Å²) in [6, 6.07) is 9.95. The van der Waals surface area contributed by atoms with E-state index in [-0.39, 0.29) is 0 Å². The van der Waals surface area contributed by atoms with Crippen LogP contribution in [0.2, 0.25) is 0 Å². The molecule has 0 aliphatic rings. The van der Waals surface area contributed by atoms with Crippen LogP contribution in [-0.2, 0) is 6.54 Å². The van der Waals surface area contributed by atoms with Crippen molar-refractivity contribution in [2.24, 2.45) is 0 Å². The summed E-state index contributed by atoms with van der Waals surface area (Å²) >= 11 is 0. The minimum atomic E-state index is 0.665. The molecule has 0 saturated carbocycles. The lowest BCUT2D eigenvalue weighted by molar-refractivity contribution is 0.533. The third kappa shape index (κ3) is 2.88. The van der Waals surface area contributed by atoms with Crippen molar-refractivity contribution in [3.8, 4) is 11.3 Å². The molecule has 0 saturated heterocycles. The van der Waals surface area contributed by atoms with Crippen LogP contribution in [0.3, 0.4) is 0 Å². The van der Waals surface area contributed by atoms with Crippen molar-refractivity contribution >= 4 is 5.82 Å². The molecular formula is C14H20N4. The predicted octanol–water partition coefficient (Wildman–Crippen LogP) is 3.11. The van der Waals surface area contributed by atoms with Crippen molar-refractivity contribution in [2.45, 2.75) is 39.2 Å². The maximum atomic E-state index is 6.09. The third-order valence-corrected chi connectivity index (χ3v) is 3.04. The molecule has 0 amide bonds. The van der Waals surface area contributed by atoms with Crippen molar-refractivity contribution in [1.29, 1.82) is 0 Å². The summed E-state index contributed by atoms with van der Waals surface area (Å²) in [6.07, 6.45) is 4.83. The Bertz CT molecular complexity index is 476. The number of rotatable bonds is 6. The van der Waals surface area contributed by atoms with E-state index in [1.54, 1.807) is 4.68 Å². The van der Waals surface area contributed by atoms with E-state index < -0.39 is 0 Å². The minimum absolute atomic E-state index is 0.665. The first-order valence-corrected chi connectivity index (χ1v) is 6.57. The molecule has 0 unspecified atom stereocenters. The van der Waals surface area contributed by atoms with E-state index in [1.807, 2.05) is 30.3 Å². The highest BCUT2D eigenvalue weighted by atomic mass is 15.4. The maximum absolute atomic E-state index is 6.09. The molecule has 18 heavy (non-hydrogen) atoms. The van der Waals surface area contributed by atoms with Gasteiger partial charge in [-0.1, -0.05) is 61.7 Å². The normalized spacial score (nSPS) is 10.7. The SMILES string of the molecule is CCCCCCn1nnc(-c2ccccc2)c1N. The second-order valence-electron chi connectivity index (χ2n) is 4.47. The number of hydrogen-bond acceptors (Lipinski definition) is 3. The highest BCUT2D eigenvalue weighted by Gasteiger charge is 2.10. The highest BCUT2D eigenvalue weighted by Crippen LogP contribution is 2.22. The minimum Gasteiger partial charge on any atom is -0.382 e. The number of nitrogens with zero attached hydrogens (tertiary/aromatic N) is 3. The lowest BCUT2D eigenvalue weighted by atomic mass is 10.1. The van der Waals surface area contributed by atoms with Gasteiger partial charge in [0.1, 0.15) is 11.5 Å². The topological polar surface area (TPSA) is 56.7 Å². The number of benzene rings is 1. The number of nitrogens with two attached hydrogens (primary N) is 1. The van der Waals surface area contributed by atoms with Gasteiger partial charge in [-0.3, -0.25) is 0 Å². The number of hydrogen-bond donors (Lipinski definition) is 1. The second kappa shape index (κ2) is 6.19. The van der Waals surface area contributed by atoms with Gasteiger partial charge < -0.3 is 5.73 Å². The molecule has 0 fully saturated rings. The lowest BCUT2D eigenvalue weighted by Gasteiger charge is -2.03. The average Bonchev–Trinajstić information content (AvgIpc) is 2.77. The second-order valence-corrected chi connectivity index (χ2v) is 4.47. The Kier molecular flexibility index (Phi) is 4.34. The van der Waals surface area contributed by atoms with E-state index in [2.05, 4.69) is 17.2 Å². The van der Waals surface area contributed by atoms with Gasteiger partial charge in [0.05, 0.1) is 0 Å². The van der Waals surface area contributed by atoms with Crippen LogP contribution >= 0.6 is 0 Å². The largest absolute Gasteiger partial charge is 0.382 e. The molecule has 2 rings (SSSR count). The summed E-state index contributed by atoms with van der Waals surface area (Å²) in [7, 11) is 0. The van der Waals surface area contributed by atoms with E-state index in [9.17, 15) is 0 Å². The number of aryl methyl sites for hydroxylation is 1. The molecule has 0 bridgehead atoms. The Morgan fingerprint density at radius 3 is 2.61 bits per heavy atom. The first-order valence-electron chi connectivity index (χ1n) is 6.57. The molecule has 0 aliphatic carbocycles. The van der Waals surface area contributed by atoms with Crippen LogP contribution in [0, 0.1) is 0 Å². The Hall–Kier alpha value is -1.84. The summed E-state index contributed by atoms with van der Waals surface area (Å²) < 4.78 is 1.80. The van der Waals surface area contributed by atoms with Gasteiger partial charge in [0.25, 0.3) is 0 Å². The van der Waals surface area contributed by atoms with E-state index in [1.165, 1.54) is 19.3 Å². The number of unbranched alkanes of at least 4 members (excludes halogenated alkanes) is 3. The molecular weight excluding hydrogens is 224 g/mol. The fourth-order valence-corrected chi connectivity index (χ4v) is 1.98.